The van der Waals surface area contributed by atoms with Crippen LogP contribution in [0.25, 0.3) is 0 Å². The Morgan fingerprint density at radius 1 is 1.17 bits per heavy atom. The van der Waals surface area contributed by atoms with Gasteiger partial charge in [0.05, 0.1) is 12.7 Å². The molecule has 0 spiro atoms. The van der Waals surface area contributed by atoms with Crippen LogP contribution in [0.1, 0.15) is 31.2 Å². The standard InChI is InChI=1S/C19H28FN3O/c20-18-4-3-5-19(22-8-1-2-9-22)17(18)13-21-12-16-14-23(10-11-24-16)15-6-7-15/h3-5,15-16,21H,1-2,6-14H2. The molecular weight excluding hydrogens is 305 g/mol. The molecule has 0 radical (unpaired) electrons. The van der Waals surface area contributed by atoms with Crippen molar-refractivity contribution < 1.29 is 9.13 Å². The lowest BCUT2D eigenvalue weighted by atomic mass is 10.1. The van der Waals surface area contributed by atoms with Crippen LogP contribution in [-0.4, -0.2) is 56.4 Å². The molecule has 24 heavy (non-hydrogen) atoms. The van der Waals surface area contributed by atoms with Crippen LogP contribution in [0.5, 0.6) is 0 Å². The molecule has 0 amide bonds. The predicted molar refractivity (Wildman–Crippen MR) is 93.9 cm³/mol. The van der Waals surface area contributed by atoms with Gasteiger partial charge in [-0.3, -0.25) is 4.90 Å². The van der Waals surface area contributed by atoms with Gasteiger partial charge in [0, 0.05) is 56.6 Å². The van der Waals surface area contributed by atoms with E-state index in [1.54, 1.807) is 6.07 Å². The van der Waals surface area contributed by atoms with Crippen LogP contribution in [0.4, 0.5) is 10.1 Å². The monoisotopic (exact) mass is 333 g/mol. The lowest BCUT2D eigenvalue weighted by molar-refractivity contribution is -0.0301. The normalized spacial score (nSPS) is 25.4. The number of halogens is 1. The molecule has 0 bridgehead atoms. The average molecular weight is 333 g/mol. The van der Waals surface area contributed by atoms with Crippen molar-refractivity contribution in [3.05, 3.63) is 29.6 Å². The highest BCUT2D eigenvalue weighted by Crippen LogP contribution is 2.28. The number of morpholine rings is 1. The van der Waals surface area contributed by atoms with Crippen molar-refractivity contribution in [2.24, 2.45) is 0 Å². The van der Waals surface area contributed by atoms with Crippen LogP contribution in [0.15, 0.2) is 18.2 Å². The maximum absolute atomic E-state index is 14.3. The molecule has 1 atom stereocenters. The zero-order valence-corrected chi connectivity index (χ0v) is 14.3. The summed E-state index contributed by atoms with van der Waals surface area (Å²) < 4.78 is 20.2. The Hall–Kier alpha value is -1.17. The SMILES string of the molecule is Fc1cccc(N2CCCC2)c1CNCC1CN(C2CC2)CCO1. The van der Waals surface area contributed by atoms with Gasteiger partial charge in [-0.15, -0.1) is 0 Å². The summed E-state index contributed by atoms with van der Waals surface area (Å²) >= 11 is 0. The number of benzene rings is 1. The Bertz CT molecular complexity index is 558. The highest BCUT2D eigenvalue weighted by Gasteiger charge is 2.32. The summed E-state index contributed by atoms with van der Waals surface area (Å²) in [4.78, 5) is 4.86. The fourth-order valence-electron chi connectivity index (χ4n) is 3.97. The first-order valence-corrected chi connectivity index (χ1v) is 9.40. The van der Waals surface area contributed by atoms with E-state index in [1.807, 2.05) is 6.07 Å². The summed E-state index contributed by atoms with van der Waals surface area (Å²) in [6.07, 6.45) is 5.32. The maximum Gasteiger partial charge on any atom is 0.129 e. The molecule has 1 aliphatic carbocycles. The highest BCUT2D eigenvalue weighted by atomic mass is 19.1. The Kier molecular flexibility index (Phi) is 5.01. The second-order valence-electron chi connectivity index (χ2n) is 7.28. The molecule has 5 heteroatoms. The van der Waals surface area contributed by atoms with Gasteiger partial charge >= 0.3 is 0 Å². The summed E-state index contributed by atoms with van der Waals surface area (Å²) in [6.45, 7) is 6.33. The van der Waals surface area contributed by atoms with E-state index in [0.29, 0.717) is 6.54 Å². The average Bonchev–Trinajstić information content (AvgIpc) is 3.32. The predicted octanol–water partition coefficient (Wildman–Crippen LogP) is 2.38. The second-order valence-corrected chi connectivity index (χ2v) is 7.28. The molecule has 2 heterocycles. The second kappa shape index (κ2) is 7.38. The van der Waals surface area contributed by atoms with Crippen molar-refractivity contribution >= 4 is 5.69 Å². The molecule has 132 valence electrons. The number of hydrogen-bond acceptors (Lipinski definition) is 4. The summed E-state index contributed by atoms with van der Waals surface area (Å²) in [6, 6.07) is 6.24. The third-order valence-corrected chi connectivity index (χ3v) is 5.45. The van der Waals surface area contributed by atoms with E-state index in [-0.39, 0.29) is 11.9 Å². The first-order chi connectivity index (χ1) is 11.8. The molecule has 3 aliphatic rings. The van der Waals surface area contributed by atoms with Gasteiger partial charge in [0.25, 0.3) is 0 Å². The lowest BCUT2D eigenvalue weighted by Gasteiger charge is -2.33. The molecular formula is C19H28FN3O. The minimum atomic E-state index is -0.101. The van der Waals surface area contributed by atoms with Gasteiger partial charge in [-0.2, -0.15) is 0 Å². The minimum Gasteiger partial charge on any atom is -0.374 e. The third-order valence-electron chi connectivity index (χ3n) is 5.45. The van der Waals surface area contributed by atoms with Crippen LogP contribution >= 0.6 is 0 Å². The molecule has 0 aromatic heterocycles. The topological polar surface area (TPSA) is 27.7 Å². The van der Waals surface area contributed by atoms with E-state index in [1.165, 1.54) is 25.7 Å². The van der Waals surface area contributed by atoms with Gasteiger partial charge in [0.1, 0.15) is 5.82 Å². The van der Waals surface area contributed by atoms with E-state index in [9.17, 15) is 4.39 Å². The van der Waals surface area contributed by atoms with Gasteiger partial charge in [-0.05, 0) is 37.8 Å². The molecule has 1 saturated carbocycles. The minimum absolute atomic E-state index is 0.101. The smallest absolute Gasteiger partial charge is 0.129 e. The largest absolute Gasteiger partial charge is 0.374 e. The molecule has 1 unspecified atom stereocenters. The third kappa shape index (κ3) is 3.73. The number of rotatable bonds is 6. The van der Waals surface area contributed by atoms with Crippen LogP contribution < -0.4 is 10.2 Å². The number of ether oxygens (including phenoxy) is 1. The zero-order chi connectivity index (χ0) is 16.4. The van der Waals surface area contributed by atoms with E-state index in [2.05, 4.69) is 21.2 Å². The molecule has 1 N–H and O–H groups in total. The molecule has 2 aliphatic heterocycles. The molecule has 1 aromatic carbocycles. The number of hydrogen-bond donors (Lipinski definition) is 1. The van der Waals surface area contributed by atoms with E-state index in [4.69, 9.17) is 4.74 Å². The van der Waals surface area contributed by atoms with E-state index in [0.717, 1.165) is 56.6 Å². The van der Waals surface area contributed by atoms with Crippen LogP contribution in [-0.2, 0) is 11.3 Å². The molecule has 1 aromatic rings. The summed E-state index contributed by atoms with van der Waals surface area (Å²) in [5.74, 6) is -0.101. The molecule has 3 fully saturated rings. The zero-order valence-electron chi connectivity index (χ0n) is 14.3. The fraction of sp³-hybridized carbons (Fsp3) is 0.684. The van der Waals surface area contributed by atoms with Gasteiger partial charge in [0.2, 0.25) is 0 Å². The quantitative estimate of drug-likeness (QED) is 0.865. The van der Waals surface area contributed by atoms with Gasteiger partial charge in [-0.25, -0.2) is 4.39 Å². The molecule has 4 nitrogen and oxygen atoms in total. The van der Waals surface area contributed by atoms with Crippen molar-refractivity contribution in [3.63, 3.8) is 0 Å². The fourth-order valence-corrected chi connectivity index (χ4v) is 3.97. The Morgan fingerprint density at radius 3 is 2.79 bits per heavy atom. The Balaban J connectivity index is 1.33. The first-order valence-electron chi connectivity index (χ1n) is 9.40. The van der Waals surface area contributed by atoms with Gasteiger partial charge in [0.15, 0.2) is 0 Å². The Morgan fingerprint density at radius 2 is 2.00 bits per heavy atom. The van der Waals surface area contributed by atoms with Crippen LogP contribution in [0.3, 0.4) is 0 Å². The summed E-state index contributed by atoms with van der Waals surface area (Å²) in [5, 5.41) is 3.44. The van der Waals surface area contributed by atoms with Crippen molar-refractivity contribution in [2.75, 3.05) is 44.2 Å². The lowest BCUT2D eigenvalue weighted by Crippen LogP contribution is -2.47. The summed E-state index contributed by atoms with van der Waals surface area (Å²) in [7, 11) is 0. The van der Waals surface area contributed by atoms with Crippen LogP contribution in [0, 0.1) is 5.82 Å². The van der Waals surface area contributed by atoms with Crippen molar-refractivity contribution in [1.82, 2.24) is 10.2 Å². The number of nitrogens with one attached hydrogen (secondary N) is 1. The summed E-state index contributed by atoms with van der Waals surface area (Å²) in [5.41, 5.74) is 1.86. The molecule has 2 saturated heterocycles. The van der Waals surface area contributed by atoms with Gasteiger partial charge < -0.3 is 15.0 Å². The van der Waals surface area contributed by atoms with Gasteiger partial charge in [-0.1, -0.05) is 6.07 Å². The van der Waals surface area contributed by atoms with Crippen LogP contribution in [0.2, 0.25) is 0 Å². The maximum atomic E-state index is 14.3. The van der Waals surface area contributed by atoms with E-state index >= 15 is 0 Å². The van der Waals surface area contributed by atoms with Crippen molar-refractivity contribution in [1.29, 1.82) is 0 Å². The Labute approximate surface area is 144 Å². The number of nitrogens with zero attached hydrogens (tertiary/aromatic N) is 2. The van der Waals surface area contributed by atoms with E-state index < -0.39 is 0 Å². The van der Waals surface area contributed by atoms with Crippen molar-refractivity contribution in [3.8, 4) is 0 Å². The number of anilines is 1. The molecule has 4 rings (SSSR count). The highest BCUT2D eigenvalue weighted by molar-refractivity contribution is 5.54. The first kappa shape index (κ1) is 16.3. The van der Waals surface area contributed by atoms with Crippen molar-refractivity contribution in [2.45, 2.75) is 44.4 Å².